The molecule has 0 unspecified atom stereocenters. The lowest BCUT2D eigenvalue weighted by Gasteiger charge is -2.38. The average Bonchev–Trinajstić information content (AvgIpc) is 1.97. The van der Waals surface area contributed by atoms with E-state index in [1.54, 1.807) is 13.8 Å². The van der Waals surface area contributed by atoms with Crippen LogP contribution in [0.15, 0.2) is 6.07 Å². The Kier molecular flexibility index (Phi) is 3.24. The minimum absolute atomic E-state index is 0.493. The van der Waals surface area contributed by atoms with Crippen molar-refractivity contribution >= 4 is 5.95 Å². The smallest absolute Gasteiger partial charge is 0.223 e. The molecule has 4 heteroatoms. The van der Waals surface area contributed by atoms with Crippen LogP contribution in [0.5, 0.6) is 0 Å². The van der Waals surface area contributed by atoms with E-state index in [9.17, 15) is 5.11 Å². The quantitative estimate of drug-likeness (QED) is 0.823. The Morgan fingerprint density at radius 3 is 1.88 bits per heavy atom. The number of hydrogen-bond donors (Lipinski definition) is 2. The molecule has 0 fully saturated rings. The van der Waals surface area contributed by atoms with Gasteiger partial charge >= 0.3 is 0 Å². The maximum absolute atomic E-state index is 10.0. The first-order valence-electron chi connectivity index (χ1n) is 5.45. The molecule has 0 saturated heterocycles. The number of nitrogens with one attached hydrogen (secondary N) is 1. The molecule has 0 bridgehead atoms. The molecular formula is C12H21N3O. The van der Waals surface area contributed by atoms with E-state index in [1.807, 2.05) is 33.8 Å². The van der Waals surface area contributed by atoms with Crippen LogP contribution in [0.1, 0.15) is 39.1 Å². The summed E-state index contributed by atoms with van der Waals surface area (Å²) in [6, 6.07) is 1.92. The third-order valence-electron chi connectivity index (χ3n) is 2.94. The molecule has 1 aromatic rings. The topological polar surface area (TPSA) is 58.0 Å². The molecule has 0 spiro atoms. The zero-order valence-corrected chi connectivity index (χ0v) is 10.9. The fraction of sp³-hybridized carbons (Fsp3) is 0.667. The Bertz CT molecular complexity index is 360. The highest BCUT2D eigenvalue weighted by Gasteiger charge is 2.35. The van der Waals surface area contributed by atoms with E-state index < -0.39 is 11.1 Å². The number of hydrogen-bond acceptors (Lipinski definition) is 4. The Morgan fingerprint density at radius 1 is 1.06 bits per heavy atom. The molecule has 0 atom stereocenters. The third kappa shape index (κ3) is 2.92. The fourth-order valence-electron chi connectivity index (χ4n) is 1.21. The van der Waals surface area contributed by atoms with Crippen molar-refractivity contribution < 1.29 is 5.11 Å². The van der Waals surface area contributed by atoms with Gasteiger partial charge in [-0.3, -0.25) is 0 Å². The minimum atomic E-state index is -0.853. The molecule has 0 amide bonds. The Balaban J connectivity index is 2.96. The normalized spacial score (nSPS) is 12.7. The van der Waals surface area contributed by atoms with Crippen LogP contribution in [0.3, 0.4) is 0 Å². The molecular weight excluding hydrogens is 202 g/mol. The van der Waals surface area contributed by atoms with E-state index in [1.165, 1.54) is 0 Å². The summed E-state index contributed by atoms with van der Waals surface area (Å²) in [5.41, 5.74) is 0.490. The van der Waals surface area contributed by atoms with Crippen LogP contribution in [-0.4, -0.2) is 26.2 Å². The average molecular weight is 223 g/mol. The molecule has 1 heterocycles. The van der Waals surface area contributed by atoms with Crippen molar-refractivity contribution in [3.8, 4) is 0 Å². The number of aliphatic hydroxyl groups is 1. The van der Waals surface area contributed by atoms with Crippen LogP contribution in [0, 0.1) is 13.8 Å². The first kappa shape index (κ1) is 12.9. The molecule has 0 aliphatic rings. The summed E-state index contributed by atoms with van der Waals surface area (Å²) in [6.07, 6.45) is 0. The van der Waals surface area contributed by atoms with Crippen LogP contribution in [-0.2, 0) is 0 Å². The minimum Gasteiger partial charge on any atom is -0.388 e. The highest BCUT2D eigenvalue weighted by atomic mass is 16.3. The standard InChI is InChI=1S/C12H21N3O/c1-8-7-9(2)14-10(13-8)15-11(3,4)12(5,6)16/h7,16H,1-6H3,(H,13,14,15). The van der Waals surface area contributed by atoms with E-state index in [4.69, 9.17) is 0 Å². The van der Waals surface area contributed by atoms with Gasteiger partial charge in [-0.1, -0.05) is 0 Å². The van der Waals surface area contributed by atoms with Crippen molar-refractivity contribution in [2.24, 2.45) is 0 Å². The molecule has 16 heavy (non-hydrogen) atoms. The van der Waals surface area contributed by atoms with Crippen molar-refractivity contribution in [1.82, 2.24) is 9.97 Å². The summed E-state index contributed by atoms with van der Waals surface area (Å²) in [5.74, 6) is 0.560. The largest absolute Gasteiger partial charge is 0.388 e. The predicted octanol–water partition coefficient (Wildman–Crippen LogP) is 2.05. The van der Waals surface area contributed by atoms with E-state index in [-0.39, 0.29) is 0 Å². The predicted molar refractivity (Wildman–Crippen MR) is 65.5 cm³/mol. The van der Waals surface area contributed by atoms with Crippen molar-refractivity contribution in [3.63, 3.8) is 0 Å². The first-order chi connectivity index (χ1) is 7.12. The van der Waals surface area contributed by atoms with Crippen LogP contribution >= 0.6 is 0 Å². The Labute approximate surface area is 97.1 Å². The maximum atomic E-state index is 10.0. The Morgan fingerprint density at radius 2 is 1.50 bits per heavy atom. The lowest BCUT2D eigenvalue weighted by Crippen LogP contribution is -2.51. The molecule has 1 aromatic heterocycles. The van der Waals surface area contributed by atoms with Gasteiger partial charge in [-0.15, -0.1) is 0 Å². The third-order valence-corrected chi connectivity index (χ3v) is 2.94. The number of aryl methyl sites for hydroxylation is 2. The summed E-state index contributed by atoms with van der Waals surface area (Å²) in [4.78, 5) is 8.60. The molecule has 4 nitrogen and oxygen atoms in total. The van der Waals surface area contributed by atoms with Crippen molar-refractivity contribution in [2.45, 2.75) is 52.7 Å². The number of rotatable bonds is 3. The molecule has 1 rings (SSSR count). The monoisotopic (exact) mass is 223 g/mol. The lowest BCUT2D eigenvalue weighted by atomic mass is 9.86. The van der Waals surface area contributed by atoms with Gasteiger partial charge in [0, 0.05) is 11.4 Å². The second-order valence-corrected chi connectivity index (χ2v) is 5.28. The second kappa shape index (κ2) is 4.01. The SMILES string of the molecule is Cc1cc(C)nc(NC(C)(C)C(C)(C)O)n1. The summed E-state index contributed by atoms with van der Waals surface area (Å²) >= 11 is 0. The van der Waals surface area contributed by atoms with Gasteiger partial charge in [0.2, 0.25) is 5.95 Å². The number of nitrogens with zero attached hydrogens (tertiary/aromatic N) is 2. The van der Waals surface area contributed by atoms with Crippen molar-refractivity contribution in [3.05, 3.63) is 17.5 Å². The zero-order chi connectivity index (χ0) is 12.6. The van der Waals surface area contributed by atoms with Crippen molar-refractivity contribution in [2.75, 3.05) is 5.32 Å². The molecule has 0 aliphatic heterocycles. The van der Waals surface area contributed by atoms with E-state index >= 15 is 0 Å². The fourth-order valence-corrected chi connectivity index (χ4v) is 1.21. The van der Waals surface area contributed by atoms with Gasteiger partial charge in [0.05, 0.1) is 11.1 Å². The zero-order valence-electron chi connectivity index (χ0n) is 10.9. The summed E-state index contributed by atoms with van der Waals surface area (Å²) in [6.45, 7) is 11.2. The number of anilines is 1. The Hall–Kier alpha value is -1.16. The lowest BCUT2D eigenvalue weighted by molar-refractivity contribution is 0.0237. The van der Waals surface area contributed by atoms with Crippen molar-refractivity contribution in [1.29, 1.82) is 0 Å². The van der Waals surface area contributed by atoms with Crippen LogP contribution in [0.4, 0.5) is 5.95 Å². The molecule has 0 radical (unpaired) electrons. The van der Waals surface area contributed by atoms with Gasteiger partial charge in [-0.05, 0) is 47.6 Å². The molecule has 0 saturated carbocycles. The summed E-state index contributed by atoms with van der Waals surface area (Å²) in [5, 5.41) is 13.2. The van der Waals surface area contributed by atoms with Gasteiger partial charge in [0.15, 0.2) is 0 Å². The highest BCUT2D eigenvalue weighted by molar-refractivity contribution is 5.32. The van der Waals surface area contributed by atoms with E-state index in [2.05, 4.69) is 15.3 Å². The summed E-state index contributed by atoms with van der Waals surface area (Å²) < 4.78 is 0. The van der Waals surface area contributed by atoms with E-state index in [0.717, 1.165) is 11.4 Å². The first-order valence-corrected chi connectivity index (χ1v) is 5.45. The van der Waals surface area contributed by atoms with Gasteiger partial charge in [0.25, 0.3) is 0 Å². The second-order valence-electron chi connectivity index (χ2n) is 5.28. The van der Waals surface area contributed by atoms with E-state index in [0.29, 0.717) is 5.95 Å². The molecule has 0 aliphatic carbocycles. The maximum Gasteiger partial charge on any atom is 0.223 e. The molecule has 90 valence electrons. The van der Waals surface area contributed by atoms with Gasteiger partial charge in [-0.25, -0.2) is 9.97 Å². The van der Waals surface area contributed by atoms with Crippen LogP contribution in [0.2, 0.25) is 0 Å². The van der Waals surface area contributed by atoms with Gasteiger partial charge in [-0.2, -0.15) is 0 Å². The molecule has 0 aromatic carbocycles. The highest BCUT2D eigenvalue weighted by Crippen LogP contribution is 2.24. The van der Waals surface area contributed by atoms with Crippen LogP contribution in [0.25, 0.3) is 0 Å². The molecule has 2 N–H and O–H groups in total. The van der Waals surface area contributed by atoms with Gasteiger partial charge < -0.3 is 10.4 Å². The van der Waals surface area contributed by atoms with Gasteiger partial charge in [0.1, 0.15) is 0 Å². The summed E-state index contributed by atoms with van der Waals surface area (Å²) in [7, 11) is 0. The van der Waals surface area contributed by atoms with Crippen LogP contribution < -0.4 is 5.32 Å². The number of aromatic nitrogens is 2.